The number of nitrogens with one attached hydrogen (secondary N) is 2. The third kappa shape index (κ3) is 7.99. The summed E-state index contributed by atoms with van der Waals surface area (Å²) in [6.07, 6.45) is 1.75. The summed E-state index contributed by atoms with van der Waals surface area (Å²) in [5, 5.41) is 25.2. The van der Waals surface area contributed by atoms with Crippen LogP contribution in [0.5, 0.6) is 0 Å². The van der Waals surface area contributed by atoms with Crippen LogP contribution in [0.4, 0.5) is 17.2 Å². The number of benzene rings is 3. The van der Waals surface area contributed by atoms with E-state index in [-0.39, 0.29) is 30.0 Å². The predicted molar refractivity (Wildman–Crippen MR) is 177 cm³/mol. The fourth-order valence-corrected chi connectivity index (χ4v) is 4.91. The monoisotopic (exact) mass is 581 g/mol. The van der Waals surface area contributed by atoms with E-state index < -0.39 is 0 Å². The van der Waals surface area contributed by atoms with Crippen LogP contribution in [-0.2, 0) is 19.0 Å². The molecule has 0 saturated carbocycles. The Bertz CT molecular complexity index is 1600. The van der Waals surface area contributed by atoms with Gasteiger partial charge in [0.25, 0.3) is 5.56 Å². The maximum atomic E-state index is 13.0. The number of rotatable bonds is 12. The smallest absolute Gasteiger partial charge is 0.293 e. The van der Waals surface area contributed by atoms with E-state index in [1.54, 1.807) is 13.2 Å². The van der Waals surface area contributed by atoms with Gasteiger partial charge in [-0.3, -0.25) is 9.69 Å². The number of hydrogen-bond acceptors (Lipinski definition) is 7. The first-order valence-corrected chi connectivity index (χ1v) is 14.5. The van der Waals surface area contributed by atoms with Gasteiger partial charge in [0, 0.05) is 55.5 Å². The molecule has 0 unspecified atom stereocenters. The third-order valence-electron chi connectivity index (χ3n) is 7.52. The molecule has 0 bridgehead atoms. The molecule has 8 heteroatoms. The molecule has 0 radical (unpaired) electrons. The summed E-state index contributed by atoms with van der Waals surface area (Å²) >= 11 is 0. The van der Waals surface area contributed by atoms with Crippen LogP contribution in [0.2, 0.25) is 0 Å². The van der Waals surface area contributed by atoms with Gasteiger partial charge in [-0.15, -0.1) is 0 Å². The number of aliphatic hydroxyl groups excluding tert-OH is 2. The molecule has 4 rings (SSSR count). The van der Waals surface area contributed by atoms with Gasteiger partial charge < -0.3 is 25.4 Å². The Labute approximate surface area is 254 Å². The topological polar surface area (TPSA) is 103 Å². The fraction of sp³-hybridized carbons (Fsp3) is 0.314. The second kappa shape index (κ2) is 13.8. The highest BCUT2D eigenvalue weighted by Gasteiger charge is 2.15. The van der Waals surface area contributed by atoms with Crippen molar-refractivity contribution < 1.29 is 10.2 Å². The van der Waals surface area contributed by atoms with Crippen molar-refractivity contribution >= 4 is 22.9 Å². The predicted octanol–water partition coefficient (Wildman–Crippen LogP) is 5.67. The summed E-state index contributed by atoms with van der Waals surface area (Å²) in [7, 11) is 1.72. The second-order valence-corrected chi connectivity index (χ2v) is 11.8. The molecule has 43 heavy (non-hydrogen) atoms. The first-order chi connectivity index (χ1) is 20.5. The van der Waals surface area contributed by atoms with Crippen LogP contribution in [0.1, 0.15) is 43.0 Å². The highest BCUT2D eigenvalue weighted by atomic mass is 16.3. The van der Waals surface area contributed by atoms with E-state index in [0.29, 0.717) is 25.3 Å². The van der Waals surface area contributed by atoms with Crippen LogP contribution in [-0.4, -0.2) is 51.0 Å². The van der Waals surface area contributed by atoms with Crippen LogP contribution in [0.25, 0.3) is 17.0 Å². The lowest BCUT2D eigenvalue weighted by molar-refractivity contribution is 0.156. The van der Waals surface area contributed by atoms with Crippen molar-refractivity contribution in [2.24, 2.45) is 7.05 Å². The van der Waals surface area contributed by atoms with E-state index in [2.05, 4.69) is 62.2 Å². The van der Waals surface area contributed by atoms with E-state index >= 15 is 0 Å². The molecular weight excluding hydrogens is 538 g/mol. The van der Waals surface area contributed by atoms with E-state index in [0.717, 1.165) is 39.3 Å². The van der Waals surface area contributed by atoms with Crippen molar-refractivity contribution in [2.75, 3.05) is 36.9 Å². The number of hydrogen-bond donors (Lipinski definition) is 4. The molecule has 8 nitrogen and oxygen atoms in total. The Hall–Kier alpha value is -4.24. The lowest BCUT2D eigenvalue weighted by Crippen LogP contribution is -2.29. The van der Waals surface area contributed by atoms with Crippen molar-refractivity contribution in [1.29, 1.82) is 0 Å². The molecule has 3 aromatic carbocycles. The van der Waals surface area contributed by atoms with Crippen LogP contribution in [0.15, 0.2) is 84.3 Å². The molecule has 0 aliphatic heterocycles. The van der Waals surface area contributed by atoms with Crippen molar-refractivity contribution in [3.63, 3.8) is 0 Å². The Morgan fingerprint density at radius 3 is 2.23 bits per heavy atom. The maximum Gasteiger partial charge on any atom is 0.293 e. The number of anilines is 3. The van der Waals surface area contributed by atoms with Gasteiger partial charge in [0.2, 0.25) is 0 Å². The number of aryl methyl sites for hydroxylation is 1. The largest absolute Gasteiger partial charge is 0.395 e. The molecule has 4 N–H and O–H groups in total. The standard InChI is InChI=1S/C35H43N5O3/c1-24-30(8-7-9-31(24)36-25(2)27-12-14-28(15-13-27)35(3,4)5)32-23-39(6)34(43)33(38-32)37-29-16-10-26(11-17-29)22-40(18-20-41)19-21-42/h7-17,23,36,41-42H,2,18-22H2,1,3-6H3,(H,37,38). The number of aliphatic hydroxyl groups is 2. The molecule has 1 aromatic heterocycles. The highest BCUT2D eigenvalue weighted by molar-refractivity contribution is 5.80. The SMILES string of the molecule is C=C(Nc1cccc(-c2cn(C)c(=O)c(Nc3ccc(CN(CCO)CCO)cc3)n2)c1C)c1ccc(C(C)(C)C)cc1. The van der Waals surface area contributed by atoms with Gasteiger partial charge in [-0.25, -0.2) is 4.98 Å². The number of aromatic nitrogens is 2. The van der Waals surface area contributed by atoms with Gasteiger partial charge in [0.1, 0.15) is 0 Å². The average Bonchev–Trinajstić information content (AvgIpc) is 2.97. The third-order valence-corrected chi connectivity index (χ3v) is 7.52. The van der Waals surface area contributed by atoms with Crippen LogP contribution in [0, 0.1) is 6.92 Å². The van der Waals surface area contributed by atoms with Crippen LogP contribution >= 0.6 is 0 Å². The van der Waals surface area contributed by atoms with Gasteiger partial charge >= 0.3 is 0 Å². The lowest BCUT2D eigenvalue weighted by Gasteiger charge is -2.20. The Morgan fingerprint density at radius 2 is 1.63 bits per heavy atom. The molecule has 226 valence electrons. The molecule has 0 spiro atoms. The molecule has 0 aliphatic rings. The summed E-state index contributed by atoms with van der Waals surface area (Å²) in [4.78, 5) is 19.7. The molecular formula is C35H43N5O3. The van der Waals surface area contributed by atoms with Gasteiger partial charge in [0.05, 0.1) is 18.9 Å². The van der Waals surface area contributed by atoms with E-state index in [4.69, 9.17) is 4.98 Å². The molecule has 0 fully saturated rings. The normalized spacial score (nSPS) is 11.5. The zero-order valence-corrected chi connectivity index (χ0v) is 25.8. The average molecular weight is 582 g/mol. The van der Waals surface area contributed by atoms with E-state index in [1.165, 1.54) is 10.1 Å². The van der Waals surface area contributed by atoms with Crippen molar-refractivity contribution in [3.8, 4) is 11.3 Å². The minimum atomic E-state index is -0.232. The Balaban J connectivity index is 1.54. The molecule has 4 aromatic rings. The van der Waals surface area contributed by atoms with E-state index in [1.807, 2.05) is 54.3 Å². The first kappa shape index (κ1) is 31.7. The van der Waals surface area contributed by atoms with Gasteiger partial charge in [-0.1, -0.05) is 75.9 Å². The van der Waals surface area contributed by atoms with Crippen molar-refractivity contribution in [2.45, 2.75) is 39.7 Å². The van der Waals surface area contributed by atoms with Gasteiger partial charge in [-0.2, -0.15) is 0 Å². The van der Waals surface area contributed by atoms with Crippen molar-refractivity contribution in [1.82, 2.24) is 14.5 Å². The molecule has 0 amide bonds. The number of nitrogens with zero attached hydrogens (tertiary/aromatic N) is 3. The Kier molecular flexibility index (Phi) is 10.2. The first-order valence-electron chi connectivity index (χ1n) is 14.5. The fourth-order valence-electron chi connectivity index (χ4n) is 4.91. The second-order valence-electron chi connectivity index (χ2n) is 11.8. The minimum Gasteiger partial charge on any atom is -0.395 e. The van der Waals surface area contributed by atoms with Crippen molar-refractivity contribution in [3.05, 3.63) is 112 Å². The molecule has 0 atom stereocenters. The zero-order chi connectivity index (χ0) is 31.1. The van der Waals surface area contributed by atoms with Crippen LogP contribution < -0.4 is 16.2 Å². The van der Waals surface area contributed by atoms with Gasteiger partial charge in [-0.05, 0) is 52.8 Å². The molecule has 1 heterocycles. The summed E-state index contributed by atoms with van der Waals surface area (Å²) in [5.74, 6) is 0.232. The lowest BCUT2D eigenvalue weighted by atomic mass is 9.86. The summed E-state index contributed by atoms with van der Waals surface area (Å²) in [6, 6.07) is 22.2. The quantitative estimate of drug-likeness (QED) is 0.171. The minimum absolute atomic E-state index is 0.0313. The summed E-state index contributed by atoms with van der Waals surface area (Å²) in [6.45, 7) is 14.5. The summed E-state index contributed by atoms with van der Waals surface area (Å²) < 4.78 is 1.54. The Morgan fingerprint density at radius 1 is 0.977 bits per heavy atom. The maximum absolute atomic E-state index is 13.0. The summed E-state index contributed by atoms with van der Waals surface area (Å²) in [5.41, 5.74) is 8.20. The molecule has 0 aliphatic carbocycles. The zero-order valence-electron chi connectivity index (χ0n) is 25.8. The molecule has 0 saturated heterocycles. The highest BCUT2D eigenvalue weighted by Crippen LogP contribution is 2.30. The van der Waals surface area contributed by atoms with E-state index in [9.17, 15) is 15.0 Å². The van der Waals surface area contributed by atoms with Gasteiger partial charge in [0.15, 0.2) is 5.82 Å². The van der Waals surface area contributed by atoms with Crippen LogP contribution in [0.3, 0.4) is 0 Å².